The first-order valence-electron chi connectivity index (χ1n) is 7.63. The fourth-order valence-corrected chi connectivity index (χ4v) is 2.55. The topological polar surface area (TPSA) is 49.4 Å². The molecule has 3 unspecified atom stereocenters. The first-order chi connectivity index (χ1) is 9.01. The summed E-state index contributed by atoms with van der Waals surface area (Å²) in [6, 6.07) is 0.00510. The third-order valence-corrected chi connectivity index (χ3v) is 3.94. The Kier molecular flexibility index (Phi) is 6.49. The van der Waals surface area contributed by atoms with Crippen molar-refractivity contribution in [2.75, 3.05) is 0 Å². The van der Waals surface area contributed by atoms with Crippen molar-refractivity contribution in [2.24, 2.45) is 0 Å². The summed E-state index contributed by atoms with van der Waals surface area (Å²) < 4.78 is 0. The molecule has 0 aromatic rings. The number of carbonyl (C=O) groups is 2. The molecule has 0 aromatic carbocycles. The van der Waals surface area contributed by atoms with Crippen molar-refractivity contribution in [3.63, 3.8) is 0 Å². The fraction of sp³-hybridized carbons (Fsp3) is 0.867. The van der Waals surface area contributed by atoms with E-state index in [1.54, 1.807) is 0 Å². The summed E-state index contributed by atoms with van der Waals surface area (Å²) >= 11 is 0. The molecule has 0 aliphatic carbocycles. The van der Waals surface area contributed by atoms with Gasteiger partial charge in [0.2, 0.25) is 11.8 Å². The molecule has 1 aliphatic rings. The number of nitrogens with one attached hydrogen (secondary N) is 1. The summed E-state index contributed by atoms with van der Waals surface area (Å²) in [6.07, 6.45) is 5.80. The highest BCUT2D eigenvalue weighted by molar-refractivity contribution is 6.05. The molecule has 1 N–H and O–H groups in total. The van der Waals surface area contributed by atoms with Crippen molar-refractivity contribution in [3.05, 3.63) is 0 Å². The maximum atomic E-state index is 12.2. The molecule has 0 bridgehead atoms. The van der Waals surface area contributed by atoms with Crippen LogP contribution in [-0.2, 0) is 9.59 Å². The second-order valence-electron chi connectivity index (χ2n) is 5.68. The van der Waals surface area contributed by atoms with Crippen molar-refractivity contribution in [1.29, 1.82) is 0 Å². The highest BCUT2D eigenvalue weighted by Gasteiger charge is 2.40. The monoisotopic (exact) mass is 268 g/mol. The highest BCUT2D eigenvalue weighted by atomic mass is 16.2. The van der Waals surface area contributed by atoms with E-state index in [9.17, 15) is 9.59 Å². The summed E-state index contributed by atoms with van der Waals surface area (Å²) in [5.41, 5.74) is 0. The first-order valence-corrected chi connectivity index (χ1v) is 7.63. The van der Waals surface area contributed by atoms with E-state index in [4.69, 9.17) is 0 Å². The van der Waals surface area contributed by atoms with E-state index in [1.807, 2.05) is 13.8 Å². The van der Waals surface area contributed by atoms with Crippen molar-refractivity contribution in [2.45, 2.75) is 84.3 Å². The lowest BCUT2D eigenvalue weighted by Gasteiger charge is -2.23. The molecule has 0 saturated carbocycles. The largest absolute Gasteiger partial charge is 0.303 e. The Morgan fingerprint density at radius 3 is 2.53 bits per heavy atom. The molecule has 1 saturated heterocycles. The summed E-state index contributed by atoms with van der Waals surface area (Å²) in [7, 11) is 0. The minimum atomic E-state index is -0.307. The predicted molar refractivity (Wildman–Crippen MR) is 76.8 cm³/mol. The van der Waals surface area contributed by atoms with Gasteiger partial charge in [-0.1, -0.05) is 33.1 Å². The fourth-order valence-electron chi connectivity index (χ4n) is 2.55. The molecule has 1 fully saturated rings. The van der Waals surface area contributed by atoms with Crippen LogP contribution in [0.4, 0.5) is 0 Å². The van der Waals surface area contributed by atoms with Crippen LogP contribution in [0.2, 0.25) is 0 Å². The Bertz CT molecular complexity index is 317. The number of hydrogen-bond acceptors (Lipinski definition) is 3. The highest BCUT2D eigenvalue weighted by Crippen LogP contribution is 2.19. The van der Waals surface area contributed by atoms with Gasteiger partial charge < -0.3 is 5.32 Å². The molecule has 4 nitrogen and oxygen atoms in total. The zero-order valence-electron chi connectivity index (χ0n) is 12.7. The van der Waals surface area contributed by atoms with Crippen LogP contribution < -0.4 is 5.32 Å². The van der Waals surface area contributed by atoms with Gasteiger partial charge >= 0.3 is 0 Å². The quantitative estimate of drug-likeness (QED) is 0.543. The minimum absolute atomic E-state index is 0.0159. The number of imide groups is 1. The number of hydrogen-bond donors (Lipinski definition) is 1. The molecule has 1 rings (SSSR count). The number of nitrogens with zero attached hydrogens (tertiary/aromatic N) is 1. The number of likely N-dealkylation sites (tertiary alicyclic amines) is 1. The van der Waals surface area contributed by atoms with Gasteiger partial charge in [0.15, 0.2) is 0 Å². The first kappa shape index (κ1) is 16.2. The van der Waals surface area contributed by atoms with E-state index in [2.05, 4.69) is 19.2 Å². The van der Waals surface area contributed by atoms with Gasteiger partial charge in [-0.15, -0.1) is 0 Å². The standard InChI is InChI=1S/C15H28N2O2/c1-5-7-8-9-11(3)16-13-10-14(18)17(15(13)19)12(4)6-2/h11-13,16H,5-10H2,1-4H3. The van der Waals surface area contributed by atoms with Crippen LogP contribution in [0.25, 0.3) is 0 Å². The molecule has 1 heterocycles. The van der Waals surface area contributed by atoms with Crippen LogP contribution in [0.5, 0.6) is 0 Å². The molecule has 0 radical (unpaired) electrons. The van der Waals surface area contributed by atoms with Gasteiger partial charge in [0.25, 0.3) is 0 Å². The average molecular weight is 268 g/mol. The Labute approximate surface area is 116 Å². The van der Waals surface area contributed by atoms with Gasteiger partial charge in [0.05, 0.1) is 12.5 Å². The zero-order chi connectivity index (χ0) is 14.4. The Morgan fingerprint density at radius 2 is 1.95 bits per heavy atom. The molecule has 1 aliphatic heterocycles. The maximum absolute atomic E-state index is 12.2. The van der Waals surface area contributed by atoms with Gasteiger partial charge in [-0.25, -0.2) is 0 Å². The lowest BCUT2D eigenvalue weighted by atomic mass is 10.1. The third kappa shape index (κ3) is 4.30. The number of carbonyl (C=O) groups excluding carboxylic acids is 2. The Hall–Kier alpha value is -0.900. The number of unbranched alkanes of at least 4 members (excludes halogenated alkanes) is 2. The van der Waals surface area contributed by atoms with Gasteiger partial charge in [-0.05, 0) is 26.7 Å². The second-order valence-corrected chi connectivity index (χ2v) is 5.68. The molecule has 2 amide bonds. The van der Waals surface area contributed by atoms with E-state index >= 15 is 0 Å². The molecule has 0 spiro atoms. The van der Waals surface area contributed by atoms with Crippen molar-refractivity contribution < 1.29 is 9.59 Å². The van der Waals surface area contributed by atoms with E-state index in [0.717, 1.165) is 12.8 Å². The van der Waals surface area contributed by atoms with E-state index in [0.29, 0.717) is 12.5 Å². The smallest absolute Gasteiger partial charge is 0.247 e. The summed E-state index contributed by atoms with van der Waals surface area (Å²) in [5, 5.41) is 3.31. The van der Waals surface area contributed by atoms with Crippen LogP contribution in [0.3, 0.4) is 0 Å². The predicted octanol–water partition coefficient (Wildman–Crippen LogP) is 2.47. The van der Waals surface area contributed by atoms with Gasteiger partial charge in [0.1, 0.15) is 0 Å². The van der Waals surface area contributed by atoms with Crippen molar-refractivity contribution in [1.82, 2.24) is 10.2 Å². The van der Waals surface area contributed by atoms with Gasteiger partial charge in [-0.2, -0.15) is 0 Å². The maximum Gasteiger partial charge on any atom is 0.247 e. The zero-order valence-corrected chi connectivity index (χ0v) is 12.7. The van der Waals surface area contributed by atoms with Crippen molar-refractivity contribution in [3.8, 4) is 0 Å². The SMILES string of the molecule is CCCCCC(C)NC1CC(=O)N(C(C)CC)C1=O. The van der Waals surface area contributed by atoms with Crippen LogP contribution in [-0.4, -0.2) is 34.8 Å². The molecular formula is C15H28N2O2. The molecular weight excluding hydrogens is 240 g/mol. The Balaban J connectivity index is 2.48. The van der Waals surface area contributed by atoms with Crippen LogP contribution in [0.15, 0.2) is 0 Å². The van der Waals surface area contributed by atoms with E-state index in [-0.39, 0.29) is 23.9 Å². The molecule has 0 aromatic heterocycles. The molecule has 4 heteroatoms. The Morgan fingerprint density at radius 1 is 1.26 bits per heavy atom. The van der Waals surface area contributed by atoms with Crippen LogP contribution in [0.1, 0.15) is 66.2 Å². The minimum Gasteiger partial charge on any atom is -0.303 e. The lowest BCUT2D eigenvalue weighted by molar-refractivity contribution is -0.141. The van der Waals surface area contributed by atoms with Crippen LogP contribution >= 0.6 is 0 Å². The van der Waals surface area contributed by atoms with Gasteiger partial charge in [0, 0.05) is 12.1 Å². The third-order valence-electron chi connectivity index (χ3n) is 3.94. The summed E-state index contributed by atoms with van der Waals surface area (Å²) in [6.45, 7) is 8.21. The number of amides is 2. The normalized spacial score (nSPS) is 22.9. The average Bonchev–Trinajstić information content (AvgIpc) is 2.64. The molecule has 19 heavy (non-hydrogen) atoms. The van der Waals surface area contributed by atoms with E-state index < -0.39 is 0 Å². The summed E-state index contributed by atoms with van der Waals surface area (Å²) in [5.74, 6) is -0.0701. The summed E-state index contributed by atoms with van der Waals surface area (Å²) in [4.78, 5) is 25.6. The van der Waals surface area contributed by atoms with Crippen LogP contribution in [0, 0.1) is 0 Å². The molecule has 3 atom stereocenters. The molecule has 110 valence electrons. The second kappa shape index (κ2) is 7.63. The van der Waals surface area contributed by atoms with E-state index in [1.165, 1.54) is 24.2 Å². The van der Waals surface area contributed by atoms with Crippen molar-refractivity contribution >= 4 is 11.8 Å². The number of rotatable bonds is 8. The van der Waals surface area contributed by atoms with Gasteiger partial charge in [-0.3, -0.25) is 14.5 Å². The lowest BCUT2D eigenvalue weighted by Crippen LogP contribution is -2.45.